The first-order chi connectivity index (χ1) is 9.88. The predicted molar refractivity (Wildman–Crippen MR) is 84.0 cm³/mol. The van der Waals surface area contributed by atoms with E-state index in [2.05, 4.69) is 20.9 Å². The number of aryl methyl sites for hydroxylation is 1. The smallest absolute Gasteiger partial charge is 0.309 e. The fourth-order valence-electron chi connectivity index (χ4n) is 1.70. The molecule has 1 heterocycles. The third-order valence-corrected chi connectivity index (χ3v) is 4.01. The minimum Gasteiger partial charge on any atom is -0.408 e. The average molecular weight is 369 g/mol. The van der Waals surface area contributed by atoms with Crippen LogP contribution in [-0.2, 0) is 4.79 Å². The van der Waals surface area contributed by atoms with Crippen molar-refractivity contribution in [1.29, 1.82) is 0 Å². The number of hydrogen-bond acceptors (Lipinski definition) is 5. The van der Waals surface area contributed by atoms with E-state index in [1.54, 1.807) is 6.92 Å². The van der Waals surface area contributed by atoms with Crippen molar-refractivity contribution in [3.05, 3.63) is 38.4 Å². The molecule has 0 spiro atoms. The van der Waals surface area contributed by atoms with Crippen LogP contribution in [0.3, 0.4) is 0 Å². The van der Waals surface area contributed by atoms with Gasteiger partial charge in [-0.2, -0.15) is 0 Å². The Balaban J connectivity index is 2.60. The van der Waals surface area contributed by atoms with Gasteiger partial charge in [-0.05, 0) is 31.2 Å². The van der Waals surface area contributed by atoms with Crippen molar-refractivity contribution in [2.45, 2.75) is 20.8 Å². The molecule has 0 aliphatic heterocycles. The van der Waals surface area contributed by atoms with Gasteiger partial charge in [0.05, 0.1) is 10.6 Å². The average Bonchev–Trinajstić information content (AvgIpc) is 2.68. The van der Waals surface area contributed by atoms with Gasteiger partial charge >= 0.3 is 5.97 Å². The molecular weight excluding hydrogens is 356 g/mol. The molecule has 21 heavy (non-hydrogen) atoms. The highest BCUT2D eigenvalue weighted by atomic mass is 79.9. The summed E-state index contributed by atoms with van der Waals surface area (Å²) in [7, 11) is 0. The molecule has 0 saturated carbocycles. The second-order valence-electron chi connectivity index (χ2n) is 4.28. The van der Waals surface area contributed by atoms with E-state index in [4.69, 9.17) is 4.74 Å². The minimum atomic E-state index is -0.471. The topological polar surface area (TPSA) is 60.7 Å². The van der Waals surface area contributed by atoms with Crippen LogP contribution in [0.15, 0.2) is 33.7 Å². The summed E-state index contributed by atoms with van der Waals surface area (Å²) in [6, 6.07) is 7.39. The second kappa shape index (κ2) is 6.36. The largest absolute Gasteiger partial charge is 0.408 e. The maximum Gasteiger partial charge on any atom is 0.309 e. The molecule has 0 aliphatic rings. The SMILES string of the molecule is CC(=O)Oc1c(C)sc(=Nc2ccc(Br)cc2)n1C(C)=O. The van der Waals surface area contributed by atoms with Gasteiger partial charge in [-0.15, -0.1) is 0 Å². The van der Waals surface area contributed by atoms with Gasteiger partial charge in [0.2, 0.25) is 11.8 Å². The van der Waals surface area contributed by atoms with Crippen molar-refractivity contribution in [2.24, 2.45) is 4.99 Å². The number of nitrogens with zero attached hydrogens (tertiary/aromatic N) is 2. The van der Waals surface area contributed by atoms with Gasteiger partial charge in [-0.25, -0.2) is 9.56 Å². The Bertz CT molecular complexity index is 760. The Hall–Kier alpha value is -1.73. The van der Waals surface area contributed by atoms with Gasteiger partial charge in [0, 0.05) is 18.3 Å². The summed E-state index contributed by atoms with van der Waals surface area (Å²) in [6.45, 7) is 4.48. The number of benzene rings is 1. The maximum absolute atomic E-state index is 11.8. The summed E-state index contributed by atoms with van der Waals surface area (Å²) < 4.78 is 7.38. The summed E-state index contributed by atoms with van der Waals surface area (Å²) in [5.41, 5.74) is 0.712. The normalized spacial score (nSPS) is 11.5. The number of halogens is 1. The van der Waals surface area contributed by atoms with Crippen LogP contribution in [-0.4, -0.2) is 16.4 Å². The van der Waals surface area contributed by atoms with Crippen molar-refractivity contribution in [3.63, 3.8) is 0 Å². The zero-order chi connectivity index (χ0) is 15.6. The zero-order valence-electron chi connectivity index (χ0n) is 11.7. The van der Waals surface area contributed by atoms with Crippen LogP contribution < -0.4 is 9.54 Å². The molecule has 0 saturated heterocycles. The number of ether oxygens (including phenoxy) is 1. The Kier molecular flexibility index (Phi) is 4.74. The van der Waals surface area contributed by atoms with Crippen molar-refractivity contribution in [1.82, 2.24) is 4.57 Å². The van der Waals surface area contributed by atoms with Crippen molar-refractivity contribution in [2.75, 3.05) is 0 Å². The standard InChI is InChI=1S/C14H13BrN2O3S/c1-8-13(20-10(3)19)17(9(2)18)14(21-8)16-12-6-4-11(15)5-7-12/h4-7H,1-3H3. The van der Waals surface area contributed by atoms with E-state index >= 15 is 0 Å². The van der Waals surface area contributed by atoms with Gasteiger partial charge in [0.15, 0.2) is 4.80 Å². The van der Waals surface area contributed by atoms with Crippen LogP contribution in [0.1, 0.15) is 23.5 Å². The third kappa shape index (κ3) is 3.68. The van der Waals surface area contributed by atoms with Crippen LogP contribution in [0.4, 0.5) is 5.69 Å². The fourth-order valence-corrected chi connectivity index (χ4v) is 2.91. The lowest BCUT2D eigenvalue weighted by Crippen LogP contribution is -2.22. The molecular formula is C14H13BrN2O3S. The summed E-state index contributed by atoms with van der Waals surface area (Å²) in [5, 5.41) is 0. The third-order valence-electron chi connectivity index (χ3n) is 2.55. The first-order valence-electron chi connectivity index (χ1n) is 6.10. The summed E-state index contributed by atoms with van der Waals surface area (Å²) in [6.07, 6.45) is 0. The van der Waals surface area contributed by atoms with Crippen molar-refractivity contribution in [3.8, 4) is 5.88 Å². The number of rotatable bonds is 2. The molecule has 0 aliphatic carbocycles. The van der Waals surface area contributed by atoms with Crippen molar-refractivity contribution < 1.29 is 14.3 Å². The Morgan fingerprint density at radius 3 is 2.38 bits per heavy atom. The van der Waals surface area contributed by atoms with E-state index in [9.17, 15) is 9.59 Å². The van der Waals surface area contributed by atoms with Crippen LogP contribution in [0.5, 0.6) is 5.88 Å². The summed E-state index contributed by atoms with van der Waals surface area (Å²) in [4.78, 5) is 28.6. The molecule has 0 bridgehead atoms. The van der Waals surface area contributed by atoms with Gasteiger partial charge in [-0.3, -0.25) is 9.59 Å². The molecule has 5 nitrogen and oxygen atoms in total. The number of hydrogen-bond donors (Lipinski definition) is 0. The van der Waals surface area contributed by atoms with Crippen LogP contribution in [0.25, 0.3) is 0 Å². The van der Waals surface area contributed by atoms with E-state index in [1.165, 1.54) is 29.8 Å². The first-order valence-corrected chi connectivity index (χ1v) is 7.71. The Morgan fingerprint density at radius 1 is 1.24 bits per heavy atom. The molecule has 7 heteroatoms. The molecule has 110 valence electrons. The van der Waals surface area contributed by atoms with Gasteiger partial charge < -0.3 is 4.74 Å². The van der Waals surface area contributed by atoms with Crippen LogP contribution in [0.2, 0.25) is 0 Å². The van der Waals surface area contributed by atoms with E-state index in [-0.39, 0.29) is 11.8 Å². The summed E-state index contributed by atoms with van der Waals surface area (Å²) >= 11 is 4.65. The molecule has 0 radical (unpaired) electrons. The van der Waals surface area contributed by atoms with E-state index < -0.39 is 5.97 Å². The first kappa shape index (κ1) is 15.7. The molecule has 0 unspecified atom stereocenters. The molecule has 1 aromatic carbocycles. The minimum absolute atomic E-state index is 0.232. The quantitative estimate of drug-likeness (QED) is 0.762. The monoisotopic (exact) mass is 368 g/mol. The second-order valence-corrected chi connectivity index (χ2v) is 6.38. The van der Waals surface area contributed by atoms with E-state index in [0.29, 0.717) is 10.5 Å². The van der Waals surface area contributed by atoms with E-state index in [1.807, 2.05) is 24.3 Å². The van der Waals surface area contributed by atoms with Crippen molar-refractivity contribution >= 4 is 44.8 Å². The number of esters is 1. The lowest BCUT2D eigenvalue weighted by molar-refractivity contribution is -0.132. The predicted octanol–water partition coefficient (Wildman–Crippen LogP) is 3.44. The van der Waals surface area contributed by atoms with Gasteiger partial charge in [0.1, 0.15) is 0 Å². The van der Waals surface area contributed by atoms with Gasteiger partial charge in [0.25, 0.3) is 0 Å². The van der Waals surface area contributed by atoms with Gasteiger partial charge in [-0.1, -0.05) is 27.3 Å². The highest BCUT2D eigenvalue weighted by molar-refractivity contribution is 9.10. The maximum atomic E-state index is 11.8. The molecule has 0 atom stereocenters. The Labute approximate surface area is 134 Å². The highest BCUT2D eigenvalue weighted by Crippen LogP contribution is 2.22. The number of carbonyl (C=O) groups excluding carboxylic acids is 2. The molecule has 1 aromatic heterocycles. The molecule has 0 N–H and O–H groups in total. The Morgan fingerprint density at radius 2 is 1.86 bits per heavy atom. The van der Waals surface area contributed by atoms with Crippen LogP contribution in [0, 0.1) is 6.92 Å². The van der Waals surface area contributed by atoms with E-state index in [0.717, 1.165) is 9.35 Å². The zero-order valence-corrected chi connectivity index (χ0v) is 14.1. The molecule has 2 rings (SSSR count). The molecule has 2 aromatic rings. The molecule has 0 amide bonds. The number of thiazole rings is 1. The lowest BCUT2D eigenvalue weighted by Gasteiger charge is -2.04. The number of aromatic nitrogens is 1. The fraction of sp³-hybridized carbons (Fsp3) is 0.214. The van der Waals surface area contributed by atoms with Crippen LogP contribution >= 0.6 is 27.3 Å². The number of carbonyl (C=O) groups is 2. The lowest BCUT2D eigenvalue weighted by atomic mass is 10.3. The molecule has 0 fully saturated rings. The highest BCUT2D eigenvalue weighted by Gasteiger charge is 2.17. The summed E-state index contributed by atoms with van der Waals surface area (Å²) in [5.74, 6) is -0.497.